The molecule has 1 heterocycles. The topological polar surface area (TPSA) is 107 Å². The summed E-state index contributed by atoms with van der Waals surface area (Å²) in [7, 11) is 0. The van der Waals surface area contributed by atoms with Gasteiger partial charge in [-0.2, -0.15) is 23.0 Å². The number of nitro groups is 1. The Morgan fingerprint density at radius 3 is 2.44 bits per heavy atom. The fourth-order valence-electron chi connectivity index (χ4n) is 2.83. The van der Waals surface area contributed by atoms with Crippen LogP contribution in [0, 0.1) is 10.1 Å². The molecule has 1 amide bonds. The Morgan fingerprint density at radius 2 is 1.84 bits per heavy atom. The smallest absolute Gasteiger partial charge is 0.344 e. The van der Waals surface area contributed by atoms with E-state index in [0.29, 0.717) is 11.8 Å². The van der Waals surface area contributed by atoms with E-state index in [1.807, 2.05) is 0 Å². The van der Waals surface area contributed by atoms with E-state index in [1.54, 1.807) is 30.3 Å². The molecule has 0 saturated heterocycles. The molecule has 8 nitrogen and oxygen atoms in total. The van der Waals surface area contributed by atoms with Gasteiger partial charge in [-0.3, -0.25) is 19.7 Å². The summed E-state index contributed by atoms with van der Waals surface area (Å²) in [5.41, 5.74) is -2.39. The molecule has 3 rings (SSSR count). The summed E-state index contributed by atoms with van der Waals surface area (Å²) in [6.45, 7) is 1.37. The lowest BCUT2D eigenvalue weighted by molar-refractivity contribution is -0.385. The molecule has 1 unspecified atom stereocenters. The van der Waals surface area contributed by atoms with E-state index >= 15 is 0 Å². The van der Waals surface area contributed by atoms with Gasteiger partial charge in [0.1, 0.15) is 0 Å². The number of hydrogen-bond donors (Lipinski definition) is 1. The van der Waals surface area contributed by atoms with E-state index in [2.05, 4.69) is 26.3 Å². The Morgan fingerprint density at radius 1 is 1.19 bits per heavy atom. The zero-order valence-corrected chi connectivity index (χ0v) is 17.8. The number of carbonyl (C=O) groups excluding carboxylic acids is 1. The molecule has 32 heavy (non-hydrogen) atoms. The fraction of sp³-hybridized carbons (Fsp3) is 0.150. The molecule has 0 saturated carbocycles. The minimum Gasteiger partial charge on any atom is -0.344 e. The van der Waals surface area contributed by atoms with Crippen molar-refractivity contribution in [1.29, 1.82) is 0 Å². The molecule has 3 aromatic rings. The lowest BCUT2D eigenvalue weighted by atomic mass is 10.0. The number of nitrogens with zero attached hydrogens (tertiary/aromatic N) is 3. The Bertz CT molecular complexity index is 1250. The summed E-state index contributed by atoms with van der Waals surface area (Å²) in [5, 5.41) is 17.5. The highest BCUT2D eigenvalue weighted by atomic mass is 79.9. The Balaban J connectivity index is 1.94. The van der Waals surface area contributed by atoms with Gasteiger partial charge < -0.3 is 5.32 Å². The number of aromatic nitrogens is 2. The maximum atomic E-state index is 13.1. The number of hydrogen-bond acceptors (Lipinski definition) is 5. The van der Waals surface area contributed by atoms with Gasteiger partial charge >= 0.3 is 6.18 Å². The zero-order chi connectivity index (χ0) is 23.6. The van der Waals surface area contributed by atoms with Crippen LogP contribution < -0.4 is 10.9 Å². The number of benzene rings is 2. The van der Waals surface area contributed by atoms with Crippen molar-refractivity contribution in [3.8, 4) is 5.69 Å². The van der Waals surface area contributed by atoms with Crippen molar-refractivity contribution < 1.29 is 22.9 Å². The lowest BCUT2D eigenvalue weighted by Gasteiger charge is -2.16. The molecule has 12 heteroatoms. The number of amides is 1. The van der Waals surface area contributed by atoms with Crippen LogP contribution in [-0.4, -0.2) is 20.6 Å². The van der Waals surface area contributed by atoms with Crippen LogP contribution in [0.15, 0.2) is 63.9 Å². The molecule has 1 atom stereocenters. The predicted octanol–water partition coefficient (Wildman–Crippen LogP) is 4.41. The van der Waals surface area contributed by atoms with E-state index in [1.165, 1.54) is 13.0 Å². The second-order valence-corrected chi connectivity index (χ2v) is 7.55. The van der Waals surface area contributed by atoms with Gasteiger partial charge in [-0.15, -0.1) is 0 Å². The summed E-state index contributed by atoms with van der Waals surface area (Å²) >= 11 is 3.08. The largest absolute Gasteiger partial charge is 0.416 e. The van der Waals surface area contributed by atoms with Gasteiger partial charge in [-0.1, -0.05) is 18.2 Å². The Kier molecular flexibility index (Phi) is 6.44. The average Bonchev–Trinajstić information content (AvgIpc) is 2.75. The number of halogens is 4. The van der Waals surface area contributed by atoms with Gasteiger partial charge in [0.25, 0.3) is 17.2 Å². The van der Waals surface area contributed by atoms with Crippen molar-refractivity contribution in [2.75, 3.05) is 0 Å². The van der Waals surface area contributed by atoms with Crippen LogP contribution in [0.25, 0.3) is 5.69 Å². The molecule has 0 bridgehead atoms. The first-order valence-electron chi connectivity index (χ1n) is 9.00. The molecule has 0 radical (unpaired) electrons. The summed E-state index contributed by atoms with van der Waals surface area (Å²) in [5.74, 6) is -0.789. The minimum absolute atomic E-state index is 0.0452. The number of non-ortho nitro benzene ring substituents is 1. The maximum absolute atomic E-state index is 13.1. The van der Waals surface area contributed by atoms with Gasteiger partial charge in [-0.25, -0.2) is 0 Å². The van der Waals surface area contributed by atoms with Crippen LogP contribution in [0.2, 0.25) is 0 Å². The van der Waals surface area contributed by atoms with Crippen molar-refractivity contribution in [3.05, 3.63) is 96.4 Å². The fourth-order valence-corrected chi connectivity index (χ4v) is 3.21. The Labute approximate surface area is 187 Å². The van der Waals surface area contributed by atoms with Gasteiger partial charge in [0.15, 0.2) is 5.69 Å². The summed E-state index contributed by atoms with van der Waals surface area (Å²) in [6.07, 6.45) is -4.80. The third-order valence-electron chi connectivity index (χ3n) is 4.43. The van der Waals surface area contributed by atoms with Crippen molar-refractivity contribution >= 4 is 27.5 Å². The third-order valence-corrected chi connectivity index (χ3v) is 5.00. The third kappa shape index (κ3) is 5.02. The number of carbonyl (C=O) groups is 1. The van der Waals surface area contributed by atoms with Gasteiger partial charge in [0.05, 0.1) is 26.7 Å². The van der Waals surface area contributed by atoms with Crippen molar-refractivity contribution in [1.82, 2.24) is 15.1 Å². The van der Waals surface area contributed by atoms with Crippen LogP contribution in [0.5, 0.6) is 0 Å². The van der Waals surface area contributed by atoms with Crippen molar-refractivity contribution in [2.24, 2.45) is 0 Å². The van der Waals surface area contributed by atoms with Gasteiger partial charge in [0.2, 0.25) is 0 Å². The highest BCUT2D eigenvalue weighted by Crippen LogP contribution is 2.34. The monoisotopic (exact) mass is 510 g/mol. The van der Waals surface area contributed by atoms with Crippen LogP contribution in [0.4, 0.5) is 18.9 Å². The number of nitro benzene ring substituents is 1. The molecule has 0 fully saturated rings. The predicted molar refractivity (Wildman–Crippen MR) is 112 cm³/mol. The van der Waals surface area contributed by atoms with Gasteiger partial charge in [-0.05, 0) is 52.7 Å². The lowest BCUT2D eigenvalue weighted by Crippen LogP contribution is -2.31. The van der Waals surface area contributed by atoms with Crippen LogP contribution in [0.3, 0.4) is 0 Å². The molecule has 0 spiro atoms. The van der Waals surface area contributed by atoms with Gasteiger partial charge in [0, 0.05) is 12.1 Å². The van der Waals surface area contributed by atoms with E-state index in [-0.39, 0.29) is 15.7 Å². The molecule has 2 aromatic carbocycles. The maximum Gasteiger partial charge on any atom is 0.416 e. The highest BCUT2D eigenvalue weighted by molar-refractivity contribution is 9.10. The SMILES string of the molecule is CC(NC(=O)c1cc(Br)c(=O)n(-c2ccccc2)n1)c1cc([N+](=O)[O-])cc(C(F)(F)F)c1. The van der Waals surface area contributed by atoms with E-state index < -0.39 is 39.9 Å². The standard InChI is InChI=1S/C20H14BrF3N4O4/c1-11(12-7-13(20(22,23)24)9-15(8-12)28(31)32)25-18(29)17-10-16(21)19(30)27(26-17)14-5-3-2-4-6-14/h2-11H,1H3,(H,25,29). The normalized spacial score (nSPS) is 12.3. The minimum atomic E-state index is -4.80. The molecule has 0 aliphatic rings. The number of nitrogens with one attached hydrogen (secondary N) is 1. The molecule has 0 aliphatic carbocycles. The van der Waals surface area contributed by atoms with Crippen LogP contribution >= 0.6 is 15.9 Å². The quantitative estimate of drug-likeness (QED) is 0.404. The molecular formula is C20H14BrF3N4O4. The molecule has 1 N–H and O–H groups in total. The molecule has 1 aromatic heterocycles. The van der Waals surface area contributed by atoms with E-state index in [0.717, 1.165) is 16.8 Å². The second kappa shape index (κ2) is 8.91. The van der Waals surface area contributed by atoms with E-state index in [9.17, 15) is 32.9 Å². The number of rotatable bonds is 5. The Hall–Kier alpha value is -3.54. The highest BCUT2D eigenvalue weighted by Gasteiger charge is 2.33. The first-order chi connectivity index (χ1) is 15.0. The van der Waals surface area contributed by atoms with Crippen molar-refractivity contribution in [2.45, 2.75) is 19.1 Å². The first kappa shape index (κ1) is 23.1. The molecular weight excluding hydrogens is 497 g/mol. The summed E-state index contributed by atoms with van der Waals surface area (Å²) < 4.78 is 40.4. The van der Waals surface area contributed by atoms with Crippen molar-refractivity contribution in [3.63, 3.8) is 0 Å². The van der Waals surface area contributed by atoms with E-state index in [4.69, 9.17) is 0 Å². The first-order valence-corrected chi connectivity index (χ1v) is 9.79. The summed E-state index contributed by atoms with van der Waals surface area (Å²) in [6, 6.07) is 10.5. The average molecular weight is 511 g/mol. The molecule has 166 valence electrons. The van der Waals surface area contributed by atoms with Crippen LogP contribution in [-0.2, 0) is 6.18 Å². The zero-order valence-electron chi connectivity index (χ0n) is 16.3. The van der Waals surface area contributed by atoms with Crippen LogP contribution in [0.1, 0.15) is 34.6 Å². The summed E-state index contributed by atoms with van der Waals surface area (Å²) in [4.78, 5) is 35.2. The number of para-hydroxylation sites is 1. The number of alkyl halides is 3. The second-order valence-electron chi connectivity index (χ2n) is 6.69. The molecule has 0 aliphatic heterocycles.